The molecule has 14 heavy (non-hydrogen) atoms. The molecule has 0 saturated heterocycles. The highest BCUT2D eigenvalue weighted by atomic mass is 16.4. The summed E-state index contributed by atoms with van der Waals surface area (Å²) in [7, 11) is 0. The number of aliphatic hydroxyl groups excluding tert-OH is 1. The number of nitrogens with zero attached hydrogens (tertiary/aromatic N) is 1. The molecule has 0 spiro atoms. The number of carbonyl (C=O) groups is 1. The number of nitrogen functional groups attached to an aromatic ring is 1. The summed E-state index contributed by atoms with van der Waals surface area (Å²) >= 11 is 0. The molecule has 1 aromatic heterocycles. The summed E-state index contributed by atoms with van der Waals surface area (Å²) in [5, 5.41) is 17.6. The fourth-order valence-electron chi connectivity index (χ4n) is 1.07. The summed E-state index contributed by atoms with van der Waals surface area (Å²) in [4.78, 5) is 14.2. The van der Waals surface area contributed by atoms with Gasteiger partial charge < -0.3 is 15.9 Å². The van der Waals surface area contributed by atoms with Crippen molar-refractivity contribution in [3.63, 3.8) is 0 Å². The molecule has 0 saturated carbocycles. The molecule has 0 radical (unpaired) electrons. The number of pyridine rings is 1. The van der Waals surface area contributed by atoms with Crippen molar-refractivity contribution in [3.05, 3.63) is 23.4 Å². The number of carboxylic acid groups (broad SMARTS) is 1. The van der Waals surface area contributed by atoms with Crippen molar-refractivity contribution in [1.82, 2.24) is 4.98 Å². The third-order valence-corrected chi connectivity index (χ3v) is 1.89. The van der Waals surface area contributed by atoms with Crippen LogP contribution in [-0.2, 0) is 11.2 Å². The zero-order valence-corrected chi connectivity index (χ0v) is 7.77. The number of anilines is 1. The van der Waals surface area contributed by atoms with Crippen molar-refractivity contribution in [3.8, 4) is 0 Å². The molecule has 1 aromatic rings. The summed E-state index contributed by atoms with van der Waals surface area (Å²) < 4.78 is 0. The van der Waals surface area contributed by atoms with Crippen LogP contribution in [0, 0.1) is 6.92 Å². The molecule has 5 heteroatoms. The third-order valence-electron chi connectivity index (χ3n) is 1.89. The van der Waals surface area contributed by atoms with E-state index < -0.39 is 12.1 Å². The van der Waals surface area contributed by atoms with Crippen LogP contribution in [0.2, 0.25) is 0 Å². The van der Waals surface area contributed by atoms with Crippen molar-refractivity contribution in [2.75, 3.05) is 5.73 Å². The molecule has 0 aliphatic carbocycles. The molecule has 0 aromatic carbocycles. The van der Waals surface area contributed by atoms with Gasteiger partial charge in [-0.05, 0) is 18.1 Å². The second-order valence-electron chi connectivity index (χ2n) is 3.10. The van der Waals surface area contributed by atoms with E-state index in [-0.39, 0.29) is 6.42 Å². The number of carboxylic acids is 1. The number of aliphatic hydroxyl groups is 1. The van der Waals surface area contributed by atoms with Crippen LogP contribution in [0.3, 0.4) is 0 Å². The number of hydrogen-bond acceptors (Lipinski definition) is 4. The average molecular weight is 196 g/mol. The molecule has 5 nitrogen and oxygen atoms in total. The third kappa shape index (κ3) is 2.43. The van der Waals surface area contributed by atoms with E-state index in [1.165, 1.54) is 6.20 Å². The second kappa shape index (κ2) is 4.06. The Bertz CT molecular complexity index is 352. The lowest BCUT2D eigenvalue weighted by atomic mass is 10.1. The maximum Gasteiger partial charge on any atom is 0.332 e. The van der Waals surface area contributed by atoms with Gasteiger partial charge in [0.2, 0.25) is 0 Å². The fourth-order valence-corrected chi connectivity index (χ4v) is 1.07. The van der Waals surface area contributed by atoms with Gasteiger partial charge in [-0.1, -0.05) is 6.07 Å². The van der Waals surface area contributed by atoms with Gasteiger partial charge in [-0.3, -0.25) is 0 Å². The zero-order valence-electron chi connectivity index (χ0n) is 7.77. The van der Waals surface area contributed by atoms with Crippen molar-refractivity contribution in [1.29, 1.82) is 0 Å². The Labute approximate surface area is 81.2 Å². The van der Waals surface area contributed by atoms with Gasteiger partial charge in [0, 0.05) is 12.6 Å². The molecule has 0 unspecified atom stereocenters. The Balaban J connectivity index is 2.78. The Morgan fingerprint density at radius 1 is 1.71 bits per heavy atom. The lowest BCUT2D eigenvalue weighted by Crippen LogP contribution is -2.22. The number of nitrogens with two attached hydrogens (primary N) is 1. The molecule has 0 bridgehead atoms. The molecular formula is C9H12N2O3. The van der Waals surface area contributed by atoms with Crippen LogP contribution in [0.4, 0.5) is 5.82 Å². The Kier molecular flexibility index (Phi) is 3.03. The van der Waals surface area contributed by atoms with E-state index in [9.17, 15) is 4.79 Å². The summed E-state index contributed by atoms with van der Waals surface area (Å²) in [5.74, 6) is -0.821. The quantitative estimate of drug-likeness (QED) is 0.630. The number of aliphatic carboxylic acids is 1. The van der Waals surface area contributed by atoms with Crippen LogP contribution in [0.15, 0.2) is 12.3 Å². The van der Waals surface area contributed by atoms with Crippen molar-refractivity contribution in [2.24, 2.45) is 0 Å². The highest BCUT2D eigenvalue weighted by molar-refractivity contribution is 5.72. The lowest BCUT2D eigenvalue weighted by Gasteiger charge is -2.06. The van der Waals surface area contributed by atoms with Gasteiger partial charge in [0.25, 0.3) is 0 Å². The molecule has 76 valence electrons. The normalized spacial score (nSPS) is 12.4. The highest BCUT2D eigenvalue weighted by Crippen LogP contribution is 2.10. The standard InChI is InChI=1S/C9H12N2O3/c1-5-2-6(4-11-8(5)10)3-7(12)9(13)14/h2,4,7,12H,3H2,1H3,(H2,10,11)(H,13,14)/t7-/m1/s1. The molecule has 1 atom stereocenters. The summed E-state index contributed by atoms with van der Waals surface area (Å²) in [6.07, 6.45) is 0.123. The minimum absolute atomic E-state index is 0.0451. The van der Waals surface area contributed by atoms with Crippen LogP contribution in [0.25, 0.3) is 0 Å². The molecule has 0 aliphatic heterocycles. The Morgan fingerprint density at radius 2 is 2.36 bits per heavy atom. The molecule has 4 N–H and O–H groups in total. The van der Waals surface area contributed by atoms with Gasteiger partial charge in [0.1, 0.15) is 5.82 Å². The highest BCUT2D eigenvalue weighted by Gasteiger charge is 2.14. The van der Waals surface area contributed by atoms with E-state index in [0.29, 0.717) is 11.4 Å². The van der Waals surface area contributed by atoms with E-state index in [2.05, 4.69) is 4.98 Å². The molecule has 0 fully saturated rings. The van der Waals surface area contributed by atoms with E-state index in [0.717, 1.165) is 5.56 Å². The largest absolute Gasteiger partial charge is 0.479 e. The Morgan fingerprint density at radius 3 is 2.86 bits per heavy atom. The molecule has 0 amide bonds. The molecule has 1 heterocycles. The second-order valence-corrected chi connectivity index (χ2v) is 3.10. The first kappa shape index (κ1) is 10.5. The predicted octanol–water partition coefficient (Wildman–Crippen LogP) is -0.0398. The lowest BCUT2D eigenvalue weighted by molar-refractivity contribution is -0.146. The first-order valence-corrected chi connectivity index (χ1v) is 4.12. The number of aromatic nitrogens is 1. The van der Waals surface area contributed by atoms with Crippen LogP contribution in [0.5, 0.6) is 0 Å². The molecular weight excluding hydrogens is 184 g/mol. The zero-order chi connectivity index (χ0) is 10.7. The first-order chi connectivity index (χ1) is 6.50. The Hall–Kier alpha value is -1.62. The van der Waals surface area contributed by atoms with Gasteiger partial charge in [-0.15, -0.1) is 0 Å². The number of hydrogen-bond donors (Lipinski definition) is 3. The van der Waals surface area contributed by atoms with E-state index >= 15 is 0 Å². The maximum atomic E-state index is 10.4. The summed E-state index contributed by atoms with van der Waals surface area (Å²) in [6.45, 7) is 1.78. The van der Waals surface area contributed by atoms with Crippen molar-refractivity contribution >= 4 is 11.8 Å². The maximum absolute atomic E-state index is 10.4. The van der Waals surface area contributed by atoms with Crippen LogP contribution < -0.4 is 5.73 Å². The van der Waals surface area contributed by atoms with Gasteiger partial charge >= 0.3 is 5.97 Å². The van der Waals surface area contributed by atoms with E-state index in [1.807, 2.05) is 0 Å². The molecule has 0 aliphatic rings. The summed E-state index contributed by atoms with van der Waals surface area (Å²) in [6, 6.07) is 1.72. The van der Waals surface area contributed by atoms with Crippen molar-refractivity contribution < 1.29 is 15.0 Å². The number of rotatable bonds is 3. The SMILES string of the molecule is Cc1cc(C[C@@H](O)C(=O)O)cnc1N. The van der Waals surface area contributed by atoms with Crippen LogP contribution >= 0.6 is 0 Å². The summed E-state index contributed by atoms with van der Waals surface area (Å²) in [5.41, 5.74) is 6.93. The predicted molar refractivity (Wildman–Crippen MR) is 50.7 cm³/mol. The first-order valence-electron chi connectivity index (χ1n) is 4.12. The van der Waals surface area contributed by atoms with Crippen LogP contribution in [0.1, 0.15) is 11.1 Å². The minimum atomic E-state index is -1.39. The van der Waals surface area contributed by atoms with Gasteiger partial charge in [0.15, 0.2) is 6.10 Å². The van der Waals surface area contributed by atoms with Crippen LogP contribution in [-0.4, -0.2) is 27.3 Å². The van der Waals surface area contributed by atoms with Gasteiger partial charge in [-0.2, -0.15) is 0 Å². The van der Waals surface area contributed by atoms with E-state index in [1.54, 1.807) is 13.0 Å². The number of aryl methyl sites for hydroxylation is 1. The average Bonchev–Trinajstić information content (AvgIpc) is 2.11. The fraction of sp³-hybridized carbons (Fsp3) is 0.333. The van der Waals surface area contributed by atoms with Gasteiger partial charge in [0.05, 0.1) is 0 Å². The van der Waals surface area contributed by atoms with E-state index in [4.69, 9.17) is 15.9 Å². The molecule has 1 rings (SSSR count). The monoisotopic (exact) mass is 196 g/mol. The minimum Gasteiger partial charge on any atom is -0.479 e. The topological polar surface area (TPSA) is 96.4 Å². The smallest absolute Gasteiger partial charge is 0.332 e. The van der Waals surface area contributed by atoms with Gasteiger partial charge in [-0.25, -0.2) is 9.78 Å². The van der Waals surface area contributed by atoms with Crippen molar-refractivity contribution in [2.45, 2.75) is 19.4 Å².